The van der Waals surface area contributed by atoms with Gasteiger partial charge in [0.05, 0.1) is 19.4 Å². The molecule has 3 rings (SSSR count). The van der Waals surface area contributed by atoms with Gasteiger partial charge in [0.2, 0.25) is 0 Å². The quantitative estimate of drug-likeness (QED) is 0.396. The largest absolute Gasteiger partial charge is 0.492 e. The number of hydrogen-bond donors (Lipinski definition) is 1. The van der Waals surface area contributed by atoms with E-state index in [-0.39, 0.29) is 17.2 Å². The van der Waals surface area contributed by atoms with E-state index in [0.29, 0.717) is 63.1 Å². The van der Waals surface area contributed by atoms with Gasteiger partial charge < -0.3 is 29.2 Å². The maximum absolute atomic E-state index is 13.2. The van der Waals surface area contributed by atoms with Crippen LogP contribution in [-0.2, 0) is 9.47 Å². The Morgan fingerprint density at radius 3 is 2.22 bits per heavy atom. The third-order valence-corrected chi connectivity index (χ3v) is 6.36. The van der Waals surface area contributed by atoms with Crippen LogP contribution in [0.2, 0.25) is 0 Å². The van der Waals surface area contributed by atoms with Gasteiger partial charge in [0.25, 0.3) is 5.91 Å². The molecule has 0 aromatic heterocycles. The van der Waals surface area contributed by atoms with Gasteiger partial charge in [0.1, 0.15) is 29.3 Å². The first-order valence-electron chi connectivity index (χ1n) is 13.7. The van der Waals surface area contributed by atoms with E-state index in [1.807, 2.05) is 40.7 Å². The van der Waals surface area contributed by atoms with Gasteiger partial charge in [0.15, 0.2) is 0 Å². The number of carbonyl (C=O) groups is 3. The number of ether oxygens (including phenoxy) is 4. The Balaban J connectivity index is 1.64. The fraction of sp³-hybridized carbons (Fsp3) is 0.452. The molecule has 0 saturated carbocycles. The van der Waals surface area contributed by atoms with Crippen LogP contribution in [0.15, 0.2) is 43.0 Å². The van der Waals surface area contributed by atoms with Gasteiger partial charge in [-0.05, 0) is 70.5 Å². The first kappa shape index (κ1) is 31.5. The minimum absolute atomic E-state index is 0.149. The summed E-state index contributed by atoms with van der Waals surface area (Å²) in [5.74, 6) is -0.171. The van der Waals surface area contributed by atoms with Crippen LogP contribution in [-0.4, -0.2) is 86.4 Å². The van der Waals surface area contributed by atoms with Crippen molar-refractivity contribution in [1.82, 2.24) is 9.80 Å². The zero-order valence-electron chi connectivity index (χ0n) is 24.9. The average Bonchev–Trinajstić information content (AvgIpc) is 2.93. The lowest BCUT2D eigenvalue weighted by atomic mass is 10.1. The number of nitrogens with one attached hydrogen (secondary N) is 1. The van der Waals surface area contributed by atoms with Crippen molar-refractivity contribution >= 4 is 29.2 Å². The summed E-state index contributed by atoms with van der Waals surface area (Å²) in [7, 11) is 1.28. The maximum atomic E-state index is 13.2. The Hall–Kier alpha value is -4.05. The summed E-state index contributed by atoms with van der Waals surface area (Å²) in [6.07, 6.45) is -0.308. The molecule has 1 aliphatic rings. The SMILES string of the molecule is C=C(C)c1ccc(OCC)c(NC(=O)c2ccc(OCCN3CCN(C(=O)OC(C)(C)C)CC3)c(C(=O)OC)c2)c1. The summed E-state index contributed by atoms with van der Waals surface area (Å²) in [6.45, 7) is 17.1. The summed E-state index contributed by atoms with van der Waals surface area (Å²) in [4.78, 5) is 41.9. The Bertz CT molecular complexity index is 1260. The highest BCUT2D eigenvalue weighted by atomic mass is 16.6. The molecule has 0 bridgehead atoms. The van der Waals surface area contributed by atoms with E-state index in [0.717, 1.165) is 11.1 Å². The second-order valence-corrected chi connectivity index (χ2v) is 10.7. The number of anilines is 1. The Kier molecular flexibility index (Phi) is 10.8. The minimum Gasteiger partial charge on any atom is -0.492 e. The highest BCUT2D eigenvalue weighted by molar-refractivity contribution is 6.07. The molecule has 41 heavy (non-hydrogen) atoms. The van der Waals surface area contributed by atoms with Gasteiger partial charge in [0, 0.05) is 38.3 Å². The number of allylic oxidation sites excluding steroid dienone is 1. The fourth-order valence-electron chi connectivity index (χ4n) is 4.20. The van der Waals surface area contributed by atoms with Gasteiger partial charge in [-0.15, -0.1) is 0 Å². The zero-order valence-corrected chi connectivity index (χ0v) is 24.9. The number of benzene rings is 2. The predicted molar refractivity (Wildman–Crippen MR) is 158 cm³/mol. The van der Waals surface area contributed by atoms with Crippen molar-refractivity contribution in [2.75, 3.05) is 58.4 Å². The lowest BCUT2D eigenvalue weighted by Gasteiger charge is -2.35. The fourth-order valence-corrected chi connectivity index (χ4v) is 4.20. The highest BCUT2D eigenvalue weighted by Crippen LogP contribution is 2.29. The van der Waals surface area contributed by atoms with E-state index in [1.165, 1.54) is 13.2 Å². The van der Waals surface area contributed by atoms with Crippen LogP contribution in [0.5, 0.6) is 11.5 Å². The van der Waals surface area contributed by atoms with Crippen LogP contribution in [0.4, 0.5) is 10.5 Å². The van der Waals surface area contributed by atoms with E-state index in [1.54, 1.807) is 29.2 Å². The molecule has 0 aliphatic carbocycles. The van der Waals surface area contributed by atoms with E-state index in [9.17, 15) is 14.4 Å². The van der Waals surface area contributed by atoms with E-state index in [2.05, 4.69) is 16.8 Å². The van der Waals surface area contributed by atoms with Gasteiger partial charge in [-0.25, -0.2) is 9.59 Å². The van der Waals surface area contributed by atoms with Crippen molar-refractivity contribution in [3.63, 3.8) is 0 Å². The molecule has 0 radical (unpaired) electrons. The first-order chi connectivity index (χ1) is 19.4. The van der Waals surface area contributed by atoms with Gasteiger partial charge in [-0.3, -0.25) is 9.69 Å². The van der Waals surface area contributed by atoms with Crippen LogP contribution >= 0.6 is 0 Å². The smallest absolute Gasteiger partial charge is 0.410 e. The van der Waals surface area contributed by atoms with Crippen molar-refractivity contribution in [2.24, 2.45) is 0 Å². The second-order valence-electron chi connectivity index (χ2n) is 10.7. The second kappa shape index (κ2) is 14.0. The average molecular weight is 568 g/mol. The van der Waals surface area contributed by atoms with E-state index in [4.69, 9.17) is 18.9 Å². The summed E-state index contributed by atoms with van der Waals surface area (Å²) in [6, 6.07) is 10.1. The molecular weight excluding hydrogens is 526 g/mol. The van der Waals surface area contributed by atoms with E-state index >= 15 is 0 Å². The standard InChI is InChI=1S/C31H41N3O7/c1-8-39-27-12-9-22(21(2)3)20-25(27)32-28(35)23-10-11-26(24(19-23)29(36)38-7)40-18-17-33-13-15-34(16-14-33)30(37)41-31(4,5)6/h9-12,19-20H,2,8,13-18H2,1,3-7H3,(H,32,35). The monoisotopic (exact) mass is 567 g/mol. The highest BCUT2D eigenvalue weighted by Gasteiger charge is 2.26. The summed E-state index contributed by atoms with van der Waals surface area (Å²) in [5.41, 5.74) is 2.11. The number of carbonyl (C=O) groups excluding carboxylic acids is 3. The number of rotatable bonds is 10. The molecule has 0 unspecified atom stereocenters. The summed E-state index contributed by atoms with van der Waals surface area (Å²) >= 11 is 0. The molecule has 1 N–H and O–H groups in total. The molecule has 0 atom stereocenters. The predicted octanol–water partition coefficient (Wildman–Crippen LogP) is 5.09. The third-order valence-electron chi connectivity index (χ3n) is 6.36. The Labute approximate surface area is 242 Å². The molecule has 1 heterocycles. The lowest BCUT2D eigenvalue weighted by Crippen LogP contribution is -2.50. The first-order valence-corrected chi connectivity index (χ1v) is 13.7. The lowest BCUT2D eigenvalue weighted by molar-refractivity contribution is 0.0137. The molecule has 1 saturated heterocycles. The normalized spacial score (nSPS) is 13.8. The minimum atomic E-state index is -0.611. The van der Waals surface area contributed by atoms with Crippen molar-refractivity contribution in [2.45, 2.75) is 40.2 Å². The number of hydrogen-bond acceptors (Lipinski definition) is 8. The van der Waals surface area contributed by atoms with Crippen LogP contribution < -0.4 is 14.8 Å². The number of esters is 1. The third kappa shape index (κ3) is 8.97. The molecule has 10 nitrogen and oxygen atoms in total. The van der Waals surface area contributed by atoms with E-state index < -0.39 is 17.5 Å². The topological polar surface area (TPSA) is 107 Å². The Morgan fingerprint density at radius 1 is 0.951 bits per heavy atom. The molecule has 2 amide bonds. The van der Waals surface area contributed by atoms with Crippen LogP contribution in [0.1, 0.15) is 60.9 Å². The van der Waals surface area contributed by atoms with Crippen LogP contribution in [0.3, 0.4) is 0 Å². The molecule has 2 aromatic rings. The van der Waals surface area contributed by atoms with Crippen molar-refractivity contribution in [3.8, 4) is 11.5 Å². The van der Waals surface area contributed by atoms with Crippen molar-refractivity contribution < 1.29 is 33.3 Å². The molecule has 10 heteroatoms. The van der Waals surface area contributed by atoms with Crippen molar-refractivity contribution in [3.05, 3.63) is 59.7 Å². The molecule has 2 aromatic carbocycles. The Morgan fingerprint density at radius 2 is 1.61 bits per heavy atom. The summed E-state index contributed by atoms with van der Waals surface area (Å²) < 4.78 is 22.0. The molecular formula is C31H41N3O7. The number of nitrogens with zero attached hydrogens (tertiary/aromatic N) is 2. The van der Waals surface area contributed by atoms with Crippen LogP contribution in [0, 0.1) is 0 Å². The number of methoxy groups -OCH3 is 1. The molecule has 222 valence electrons. The summed E-state index contributed by atoms with van der Waals surface area (Å²) in [5, 5.41) is 2.88. The van der Waals surface area contributed by atoms with Gasteiger partial charge in [-0.2, -0.15) is 0 Å². The molecule has 0 spiro atoms. The molecule has 1 fully saturated rings. The van der Waals surface area contributed by atoms with Crippen LogP contribution in [0.25, 0.3) is 5.57 Å². The van der Waals surface area contributed by atoms with Gasteiger partial charge >= 0.3 is 12.1 Å². The zero-order chi connectivity index (χ0) is 30.2. The van der Waals surface area contributed by atoms with Gasteiger partial charge in [-0.1, -0.05) is 18.2 Å². The number of piperazine rings is 1. The van der Waals surface area contributed by atoms with Crippen molar-refractivity contribution in [1.29, 1.82) is 0 Å². The molecule has 1 aliphatic heterocycles. The number of amides is 2. The maximum Gasteiger partial charge on any atom is 0.410 e.